The van der Waals surface area contributed by atoms with Crippen molar-refractivity contribution in [1.29, 1.82) is 0 Å². The van der Waals surface area contributed by atoms with Crippen LogP contribution in [0.5, 0.6) is 0 Å². The van der Waals surface area contributed by atoms with Crippen molar-refractivity contribution in [2.24, 2.45) is 5.41 Å². The summed E-state index contributed by atoms with van der Waals surface area (Å²) in [5.74, 6) is 0. The zero-order chi connectivity index (χ0) is 13.8. The van der Waals surface area contributed by atoms with E-state index in [1.807, 2.05) is 0 Å². The summed E-state index contributed by atoms with van der Waals surface area (Å²) in [5.41, 5.74) is 0.305. The van der Waals surface area contributed by atoms with E-state index in [0.29, 0.717) is 17.5 Å². The lowest BCUT2D eigenvalue weighted by Crippen LogP contribution is -2.57. The fraction of sp³-hybridized carbons (Fsp3) is 1.00. The van der Waals surface area contributed by atoms with Crippen LogP contribution in [-0.2, 0) is 0 Å². The third-order valence-electron chi connectivity index (χ3n) is 4.05. The molecule has 0 aliphatic carbocycles. The van der Waals surface area contributed by atoms with E-state index in [4.69, 9.17) is 0 Å². The van der Waals surface area contributed by atoms with Gasteiger partial charge >= 0.3 is 0 Å². The molecule has 3 nitrogen and oxygen atoms in total. The van der Waals surface area contributed by atoms with Crippen LogP contribution in [0.3, 0.4) is 0 Å². The smallest absolute Gasteiger partial charge is 0.0378 e. The summed E-state index contributed by atoms with van der Waals surface area (Å²) in [6.45, 7) is 14.1. The molecule has 108 valence electrons. The molecule has 1 saturated heterocycles. The van der Waals surface area contributed by atoms with E-state index in [1.54, 1.807) is 0 Å². The Morgan fingerprint density at radius 3 is 2.44 bits per heavy atom. The second-order valence-corrected chi connectivity index (χ2v) is 6.96. The van der Waals surface area contributed by atoms with Gasteiger partial charge < -0.3 is 15.1 Å². The van der Waals surface area contributed by atoms with Gasteiger partial charge in [-0.25, -0.2) is 0 Å². The summed E-state index contributed by atoms with van der Waals surface area (Å²) in [7, 11) is 4.54. The van der Waals surface area contributed by atoms with E-state index < -0.39 is 0 Å². The lowest BCUT2D eigenvalue weighted by Gasteiger charge is -2.42. The molecule has 18 heavy (non-hydrogen) atoms. The van der Waals surface area contributed by atoms with E-state index in [2.05, 4.69) is 56.9 Å². The fourth-order valence-electron chi connectivity index (χ4n) is 2.98. The Morgan fingerprint density at radius 2 is 1.89 bits per heavy atom. The molecule has 1 aliphatic rings. The van der Waals surface area contributed by atoms with Crippen molar-refractivity contribution in [3.8, 4) is 0 Å². The molecule has 0 radical (unpaired) electrons. The van der Waals surface area contributed by atoms with Crippen LogP contribution in [0.25, 0.3) is 0 Å². The monoisotopic (exact) mass is 255 g/mol. The third-order valence-corrected chi connectivity index (χ3v) is 4.05. The van der Waals surface area contributed by atoms with Gasteiger partial charge in [-0.05, 0) is 52.0 Å². The van der Waals surface area contributed by atoms with Crippen LogP contribution >= 0.6 is 0 Å². The van der Waals surface area contributed by atoms with Gasteiger partial charge in [0.1, 0.15) is 0 Å². The first-order valence-corrected chi connectivity index (χ1v) is 7.48. The first kappa shape index (κ1) is 15.9. The summed E-state index contributed by atoms with van der Waals surface area (Å²) in [4.78, 5) is 5.04. The average molecular weight is 255 g/mol. The quantitative estimate of drug-likeness (QED) is 0.829. The Balaban J connectivity index is 2.80. The van der Waals surface area contributed by atoms with Gasteiger partial charge in [0.15, 0.2) is 0 Å². The van der Waals surface area contributed by atoms with E-state index in [-0.39, 0.29) is 0 Å². The minimum atomic E-state index is 0.305. The summed E-state index contributed by atoms with van der Waals surface area (Å²) in [5, 5.41) is 3.79. The van der Waals surface area contributed by atoms with Gasteiger partial charge in [-0.2, -0.15) is 0 Å². The zero-order valence-corrected chi connectivity index (χ0v) is 13.3. The van der Waals surface area contributed by atoms with Gasteiger partial charge in [0.25, 0.3) is 0 Å². The first-order chi connectivity index (χ1) is 8.36. The van der Waals surface area contributed by atoms with Crippen LogP contribution in [0.1, 0.15) is 40.5 Å². The molecule has 0 bridgehead atoms. The minimum absolute atomic E-state index is 0.305. The van der Waals surface area contributed by atoms with Crippen molar-refractivity contribution in [2.45, 2.75) is 52.6 Å². The molecule has 1 fully saturated rings. The topological polar surface area (TPSA) is 18.5 Å². The third kappa shape index (κ3) is 4.52. The lowest BCUT2D eigenvalue weighted by atomic mass is 9.81. The van der Waals surface area contributed by atoms with E-state index >= 15 is 0 Å². The number of nitrogens with zero attached hydrogens (tertiary/aromatic N) is 2. The number of likely N-dealkylation sites (N-methyl/N-ethyl adjacent to an activating group) is 2. The SMILES string of the molecule is CCCNC(C1CN(C)CCCN1C)C(C)(C)C. The number of nitrogens with one attached hydrogen (secondary N) is 1. The zero-order valence-electron chi connectivity index (χ0n) is 13.3. The molecule has 0 amide bonds. The molecule has 1 N–H and O–H groups in total. The number of rotatable bonds is 4. The highest BCUT2D eigenvalue weighted by molar-refractivity contribution is 4.94. The highest BCUT2D eigenvalue weighted by Gasteiger charge is 2.35. The minimum Gasteiger partial charge on any atom is -0.312 e. The van der Waals surface area contributed by atoms with Crippen LogP contribution in [0.15, 0.2) is 0 Å². The molecule has 0 aromatic heterocycles. The van der Waals surface area contributed by atoms with Crippen molar-refractivity contribution in [3.05, 3.63) is 0 Å². The lowest BCUT2D eigenvalue weighted by molar-refractivity contribution is 0.113. The molecular formula is C15H33N3. The van der Waals surface area contributed by atoms with E-state index in [0.717, 1.165) is 6.54 Å². The Hall–Kier alpha value is -0.120. The summed E-state index contributed by atoms with van der Waals surface area (Å²) >= 11 is 0. The molecule has 0 spiro atoms. The Bertz CT molecular complexity index is 234. The van der Waals surface area contributed by atoms with Crippen molar-refractivity contribution in [2.75, 3.05) is 40.3 Å². The maximum atomic E-state index is 3.79. The van der Waals surface area contributed by atoms with Crippen molar-refractivity contribution < 1.29 is 0 Å². The number of hydrogen-bond acceptors (Lipinski definition) is 3. The fourth-order valence-corrected chi connectivity index (χ4v) is 2.98. The highest BCUT2D eigenvalue weighted by atomic mass is 15.2. The maximum absolute atomic E-state index is 3.79. The Labute approximate surface area is 114 Å². The highest BCUT2D eigenvalue weighted by Crippen LogP contribution is 2.26. The largest absolute Gasteiger partial charge is 0.312 e. The molecule has 3 heteroatoms. The molecular weight excluding hydrogens is 222 g/mol. The Kier molecular flexibility index (Phi) is 6.09. The van der Waals surface area contributed by atoms with Gasteiger partial charge in [-0.15, -0.1) is 0 Å². The molecule has 1 heterocycles. The van der Waals surface area contributed by atoms with Crippen LogP contribution in [0.4, 0.5) is 0 Å². The predicted molar refractivity (Wildman–Crippen MR) is 80.1 cm³/mol. The molecule has 0 aromatic rings. The number of hydrogen-bond donors (Lipinski definition) is 1. The van der Waals surface area contributed by atoms with E-state index in [9.17, 15) is 0 Å². The summed E-state index contributed by atoms with van der Waals surface area (Å²) in [6.07, 6.45) is 2.49. The van der Waals surface area contributed by atoms with Crippen molar-refractivity contribution >= 4 is 0 Å². The van der Waals surface area contributed by atoms with E-state index in [1.165, 1.54) is 32.5 Å². The van der Waals surface area contributed by atoms with Crippen LogP contribution < -0.4 is 5.32 Å². The molecule has 1 aliphatic heterocycles. The van der Waals surface area contributed by atoms with Crippen LogP contribution in [0.2, 0.25) is 0 Å². The van der Waals surface area contributed by atoms with Crippen LogP contribution in [-0.4, -0.2) is 62.2 Å². The first-order valence-electron chi connectivity index (χ1n) is 7.48. The standard InChI is InChI=1S/C15H33N3/c1-7-9-16-14(15(2,3)4)13-12-17(5)10-8-11-18(13)6/h13-14,16H,7-12H2,1-6H3. The Morgan fingerprint density at radius 1 is 1.22 bits per heavy atom. The van der Waals surface area contributed by atoms with Gasteiger partial charge in [0.2, 0.25) is 0 Å². The van der Waals surface area contributed by atoms with Crippen molar-refractivity contribution in [3.63, 3.8) is 0 Å². The molecule has 1 rings (SSSR count). The van der Waals surface area contributed by atoms with Crippen LogP contribution in [0, 0.1) is 5.41 Å². The van der Waals surface area contributed by atoms with Gasteiger partial charge in [-0.1, -0.05) is 27.7 Å². The van der Waals surface area contributed by atoms with Gasteiger partial charge in [0.05, 0.1) is 0 Å². The molecule has 0 saturated carbocycles. The molecule has 0 aromatic carbocycles. The second kappa shape index (κ2) is 6.88. The molecule has 2 unspecified atom stereocenters. The summed E-state index contributed by atoms with van der Waals surface area (Å²) in [6, 6.07) is 1.17. The van der Waals surface area contributed by atoms with Crippen molar-refractivity contribution in [1.82, 2.24) is 15.1 Å². The van der Waals surface area contributed by atoms with Gasteiger partial charge in [0, 0.05) is 18.6 Å². The van der Waals surface area contributed by atoms with Gasteiger partial charge in [-0.3, -0.25) is 0 Å². The maximum Gasteiger partial charge on any atom is 0.0378 e. The average Bonchev–Trinajstić information content (AvgIpc) is 2.40. The summed E-state index contributed by atoms with van der Waals surface area (Å²) < 4.78 is 0. The predicted octanol–water partition coefficient (Wildman–Crippen LogP) is 2.04. The second-order valence-electron chi connectivity index (χ2n) is 6.96. The molecule has 2 atom stereocenters. The normalized spacial score (nSPS) is 26.0.